The summed E-state index contributed by atoms with van der Waals surface area (Å²) >= 11 is 17.6. The minimum atomic E-state index is -0.549. The maximum atomic E-state index is 12.2. The molecular formula is C31H36Cl3N2NaO2. The number of ether oxygens (including phenoxy) is 1. The number of Topliss-reactive ketones (excluding diaryl/α,β-unsaturated/α-hetero) is 1. The topological polar surface area (TPSA) is 73.9 Å². The van der Waals surface area contributed by atoms with Crippen molar-refractivity contribution in [2.45, 2.75) is 65.4 Å². The fraction of sp³-hybridized carbons (Fsp3) is 0.516. The first-order chi connectivity index (χ1) is 17.6. The predicted octanol–water partition coefficient (Wildman–Crippen LogP) is 5.43. The Kier molecular flexibility index (Phi) is 14.0. The molecule has 0 radical (unpaired) electrons. The number of halogens is 3. The van der Waals surface area contributed by atoms with E-state index >= 15 is 0 Å². The molecule has 3 unspecified atom stereocenters. The first-order valence-electron chi connectivity index (χ1n) is 12.5. The third kappa shape index (κ3) is 7.61. The van der Waals surface area contributed by atoms with Gasteiger partial charge in [-0.3, -0.25) is 4.79 Å². The molecule has 0 spiro atoms. The van der Waals surface area contributed by atoms with Crippen molar-refractivity contribution in [3.05, 3.63) is 76.3 Å². The number of hydrogen-bond acceptors (Lipinski definition) is 4. The summed E-state index contributed by atoms with van der Waals surface area (Å²) in [7, 11) is 0. The summed E-state index contributed by atoms with van der Waals surface area (Å²) in [5.74, 6) is 1.19. The zero-order chi connectivity index (χ0) is 27.3. The fourth-order valence-corrected chi connectivity index (χ4v) is 6.44. The van der Waals surface area contributed by atoms with Gasteiger partial charge in [0.25, 0.3) is 0 Å². The zero-order valence-corrected chi connectivity index (χ0v) is 26.5. The van der Waals surface area contributed by atoms with Crippen LogP contribution in [0.1, 0.15) is 58.1 Å². The number of benzene rings is 2. The minimum Gasteiger partial charge on any atom is -0.512 e. The Morgan fingerprint density at radius 1 is 0.949 bits per heavy atom. The second kappa shape index (κ2) is 15.2. The second-order valence-corrected chi connectivity index (χ2v) is 12.0. The third-order valence-corrected chi connectivity index (χ3v) is 9.49. The summed E-state index contributed by atoms with van der Waals surface area (Å²) in [6.07, 6.45) is 5.74. The van der Waals surface area contributed by atoms with E-state index in [1.54, 1.807) is 0 Å². The van der Waals surface area contributed by atoms with Crippen molar-refractivity contribution in [2.24, 2.45) is 22.7 Å². The zero-order valence-electron chi connectivity index (χ0n) is 22.3. The van der Waals surface area contributed by atoms with Crippen LogP contribution in [-0.4, -0.2) is 23.9 Å². The van der Waals surface area contributed by atoms with Crippen LogP contribution in [0.3, 0.4) is 0 Å². The maximum Gasteiger partial charge on any atom is 1.00 e. The van der Waals surface area contributed by atoms with E-state index < -0.39 is 5.60 Å². The van der Waals surface area contributed by atoms with Gasteiger partial charge in [0.2, 0.25) is 0 Å². The molecule has 1 heterocycles. The quantitative estimate of drug-likeness (QED) is 0.262. The summed E-state index contributed by atoms with van der Waals surface area (Å²) in [6, 6.07) is 18.1. The number of nitriles is 1. The fourth-order valence-electron chi connectivity index (χ4n) is 5.92. The molecular weight excluding hydrogens is 562 g/mol. The van der Waals surface area contributed by atoms with E-state index in [1.165, 1.54) is 11.1 Å². The molecule has 0 N–H and O–H groups in total. The van der Waals surface area contributed by atoms with E-state index in [0.29, 0.717) is 17.6 Å². The molecule has 1 aliphatic heterocycles. The standard InChI is InChI=1S/C15H16ClNO.C14H16Cl2O.CN.CH4.Na/c1-14-7-6-12(15(14,9-17)18-10-14)8-11-2-4-13(16)5-3-11;1-14(9-15)7-6-11(13(14)17)8-10-2-4-12(16)5-3-10;1-2;;/h2-5,12H,6-8,10H2,1H3;2-5,11H,6-9H2,1H3;;1H4;/q;;-1;;+1/t12?,14-,15-;;;;/m0..../s1. The number of carbonyl (C=O) groups excluding carboxylic acids is 1. The molecule has 39 heavy (non-hydrogen) atoms. The van der Waals surface area contributed by atoms with Gasteiger partial charge in [-0.2, -0.15) is 5.26 Å². The Balaban J connectivity index is 0.000000351. The molecule has 5 rings (SSSR count). The molecule has 0 aromatic heterocycles. The van der Waals surface area contributed by atoms with Crippen LogP contribution in [0.4, 0.5) is 0 Å². The Morgan fingerprint density at radius 2 is 1.46 bits per heavy atom. The summed E-state index contributed by atoms with van der Waals surface area (Å²) in [5, 5.41) is 17.2. The van der Waals surface area contributed by atoms with Crippen LogP contribution in [0.5, 0.6) is 0 Å². The van der Waals surface area contributed by atoms with Crippen molar-refractivity contribution in [2.75, 3.05) is 12.5 Å². The van der Waals surface area contributed by atoms with Crippen LogP contribution >= 0.6 is 34.8 Å². The minimum absolute atomic E-state index is 0. The van der Waals surface area contributed by atoms with E-state index in [0.717, 1.165) is 55.2 Å². The van der Waals surface area contributed by atoms with Gasteiger partial charge in [0.1, 0.15) is 5.78 Å². The molecule has 2 aliphatic carbocycles. The molecule has 3 fully saturated rings. The van der Waals surface area contributed by atoms with Gasteiger partial charge in [0.15, 0.2) is 5.60 Å². The van der Waals surface area contributed by atoms with Gasteiger partial charge in [0, 0.05) is 38.6 Å². The Hall–Kier alpha value is -1.08. The first kappa shape index (κ1) is 35.9. The van der Waals surface area contributed by atoms with Crippen molar-refractivity contribution >= 4 is 40.6 Å². The molecule has 3 aliphatic rings. The Morgan fingerprint density at radius 3 is 1.87 bits per heavy atom. The largest absolute Gasteiger partial charge is 1.00 e. The van der Waals surface area contributed by atoms with Crippen LogP contribution in [0.2, 0.25) is 10.0 Å². The Bertz CT molecular complexity index is 1150. The number of fused-ring (bicyclic) bond motifs is 1. The average Bonchev–Trinajstić information content (AvgIpc) is 3.29. The number of rotatable bonds is 5. The molecule has 0 amide bonds. The van der Waals surface area contributed by atoms with Crippen molar-refractivity contribution in [1.29, 1.82) is 10.5 Å². The summed E-state index contributed by atoms with van der Waals surface area (Å²) in [4.78, 5) is 12.2. The van der Waals surface area contributed by atoms with Crippen molar-refractivity contribution < 1.29 is 39.1 Å². The van der Waals surface area contributed by atoms with E-state index in [2.05, 4.69) is 13.0 Å². The van der Waals surface area contributed by atoms with E-state index in [1.807, 2.05) is 55.5 Å². The van der Waals surface area contributed by atoms with Gasteiger partial charge in [-0.1, -0.05) is 68.7 Å². The van der Waals surface area contributed by atoms with Crippen molar-refractivity contribution in [1.82, 2.24) is 0 Å². The predicted molar refractivity (Wildman–Crippen MR) is 154 cm³/mol. The molecule has 204 valence electrons. The molecule has 8 heteroatoms. The van der Waals surface area contributed by atoms with Gasteiger partial charge in [-0.15, -0.1) is 11.6 Å². The second-order valence-electron chi connectivity index (χ2n) is 10.9. The van der Waals surface area contributed by atoms with Crippen LogP contribution in [0.25, 0.3) is 0 Å². The summed E-state index contributed by atoms with van der Waals surface area (Å²) in [6.45, 7) is 9.64. The van der Waals surface area contributed by atoms with Crippen molar-refractivity contribution in [3.8, 4) is 6.07 Å². The van der Waals surface area contributed by atoms with Crippen LogP contribution in [0, 0.1) is 45.8 Å². The number of ketones is 1. The van der Waals surface area contributed by atoms with E-state index in [9.17, 15) is 10.1 Å². The average molecular weight is 598 g/mol. The van der Waals surface area contributed by atoms with Gasteiger partial charge in [-0.25, -0.2) is 0 Å². The van der Waals surface area contributed by atoms with Gasteiger partial charge < -0.3 is 16.6 Å². The SMILES string of the molecule is C.CC1(CCl)CCC(Cc2ccc(Cl)cc2)C1=O.C[C@@]12CCC(Cc3ccc(Cl)cc3)[C@]1(C#N)OC2.[C-]#N.[Na+]. The van der Waals surface area contributed by atoms with Crippen molar-refractivity contribution in [3.63, 3.8) is 0 Å². The van der Waals surface area contributed by atoms with Gasteiger partial charge in [-0.05, 0) is 73.9 Å². The molecule has 0 bridgehead atoms. The molecule has 4 nitrogen and oxygen atoms in total. The number of hydrogen-bond donors (Lipinski definition) is 0. The van der Waals surface area contributed by atoms with E-state index in [-0.39, 0.29) is 53.7 Å². The number of carbonyl (C=O) groups is 1. The normalized spacial score (nSPS) is 29.9. The molecule has 2 aromatic rings. The van der Waals surface area contributed by atoms with E-state index in [4.69, 9.17) is 51.4 Å². The number of nitrogens with zero attached hydrogens (tertiary/aromatic N) is 2. The van der Waals surface area contributed by atoms with Crippen LogP contribution in [0.15, 0.2) is 48.5 Å². The molecule has 2 aromatic carbocycles. The van der Waals surface area contributed by atoms with Gasteiger partial charge in [0.05, 0.1) is 12.7 Å². The maximum absolute atomic E-state index is 12.2. The Labute approximate surface area is 271 Å². The van der Waals surface area contributed by atoms with Gasteiger partial charge >= 0.3 is 29.6 Å². The van der Waals surface area contributed by atoms with Crippen LogP contribution in [-0.2, 0) is 22.4 Å². The molecule has 5 atom stereocenters. The van der Waals surface area contributed by atoms with Crippen LogP contribution < -0.4 is 29.6 Å². The monoisotopic (exact) mass is 596 g/mol. The number of alkyl halides is 1. The molecule has 2 saturated carbocycles. The smallest absolute Gasteiger partial charge is 0.512 e. The summed E-state index contributed by atoms with van der Waals surface area (Å²) in [5.41, 5.74) is 1.62. The molecule has 1 saturated heterocycles. The third-order valence-electron chi connectivity index (χ3n) is 8.40. The first-order valence-corrected chi connectivity index (χ1v) is 13.8. The summed E-state index contributed by atoms with van der Waals surface area (Å²) < 4.78 is 5.72.